The van der Waals surface area contributed by atoms with Gasteiger partial charge in [-0.25, -0.2) is 9.37 Å². The highest BCUT2D eigenvalue weighted by Crippen LogP contribution is 2.28. The van der Waals surface area contributed by atoms with E-state index in [0.29, 0.717) is 5.13 Å². The topological polar surface area (TPSA) is 38.9 Å². The molecule has 0 aliphatic heterocycles. The van der Waals surface area contributed by atoms with E-state index in [2.05, 4.69) is 4.98 Å². The minimum atomic E-state index is -0.240. The maximum absolute atomic E-state index is 12.8. The van der Waals surface area contributed by atoms with Crippen LogP contribution in [0.1, 0.15) is 0 Å². The number of fused-ring (bicyclic) bond motifs is 1. The first-order valence-electron chi connectivity index (χ1n) is 3.18. The van der Waals surface area contributed by atoms with Crippen LogP contribution in [0.2, 0.25) is 0 Å². The Morgan fingerprint density at radius 3 is 3.00 bits per heavy atom. The molecule has 0 saturated heterocycles. The molecular formula is C7H4FIN2S. The molecule has 0 fully saturated rings. The summed E-state index contributed by atoms with van der Waals surface area (Å²) in [5, 5.41) is 0.480. The van der Waals surface area contributed by atoms with Gasteiger partial charge < -0.3 is 5.73 Å². The number of hydrogen-bond acceptors (Lipinski definition) is 3. The molecule has 2 nitrogen and oxygen atoms in total. The van der Waals surface area contributed by atoms with Crippen LogP contribution in [0.4, 0.5) is 9.52 Å². The molecule has 0 bridgehead atoms. The van der Waals surface area contributed by atoms with Crippen molar-refractivity contribution in [2.75, 3.05) is 5.73 Å². The lowest BCUT2D eigenvalue weighted by atomic mass is 10.3. The van der Waals surface area contributed by atoms with Gasteiger partial charge in [-0.05, 0) is 34.7 Å². The second kappa shape index (κ2) is 2.81. The zero-order valence-corrected chi connectivity index (χ0v) is 8.82. The van der Waals surface area contributed by atoms with Crippen LogP contribution in [0, 0.1) is 9.39 Å². The molecule has 2 rings (SSSR count). The number of nitrogens with two attached hydrogens (primary N) is 1. The van der Waals surface area contributed by atoms with E-state index in [-0.39, 0.29) is 5.82 Å². The number of anilines is 1. The molecule has 0 aliphatic carbocycles. The maximum Gasteiger partial charge on any atom is 0.181 e. The van der Waals surface area contributed by atoms with E-state index in [9.17, 15) is 4.39 Å². The third-order valence-electron chi connectivity index (χ3n) is 1.43. The van der Waals surface area contributed by atoms with Crippen LogP contribution in [0.15, 0.2) is 12.1 Å². The quantitative estimate of drug-likeness (QED) is 0.759. The van der Waals surface area contributed by atoms with Crippen molar-refractivity contribution in [1.29, 1.82) is 0 Å². The standard InChI is InChI=1S/C7H4FIN2S/c8-3-1-4(9)6-5(2-3)12-7(10)11-6/h1-2H,(H2,10,11). The molecule has 5 heteroatoms. The first kappa shape index (κ1) is 8.18. The highest BCUT2D eigenvalue weighted by molar-refractivity contribution is 14.1. The van der Waals surface area contributed by atoms with Crippen molar-refractivity contribution in [3.8, 4) is 0 Å². The van der Waals surface area contributed by atoms with Crippen LogP contribution in [-0.2, 0) is 0 Å². The minimum Gasteiger partial charge on any atom is -0.375 e. The third-order valence-corrected chi connectivity index (χ3v) is 3.08. The number of halogens is 2. The van der Waals surface area contributed by atoms with E-state index in [0.717, 1.165) is 13.8 Å². The summed E-state index contributed by atoms with van der Waals surface area (Å²) in [5.41, 5.74) is 6.28. The molecule has 1 aromatic carbocycles. The van der Waals surface area contributed by atoms with E-state index >= 15 is 0 Å². The molecule has 0 saturated carbocycles. The molecule has 0 spiro atoms. The minimum absolute atomic E-state index is 0.240. The number of nitrogens with zero attached hydrogens (tertiary/aromatic N) is 1. The van der Waals surface area contributed by atoms with E-state index in [1.807, 2.05) is 22.6 Å². The van der Waals surface area contributed by atoms with E-state index in [1.54, 1.807) is 0 Å². The monoisotopic (exact) mass is 294 g/mol. The summed E-state index contributed by atoms with van der Waals surface area (Å²) in [6.07, 6.45) is 0. The molecule has 0 atom stereocenters. The number of benzene rings is 1. The maximum atomic E-state index is 12.8. The Balaban J connectivity index is 2.88. The SMILES string of the molecule is Nc1nc2c(I)cc(F)cc2s1. The molecule has 62 valence electrons. The molecule has 0 amide bonds. The van der Waals surface area contributed by atoms with Gasteiger partial charge in [0.05, 0.1) is 10.2 Å². The average molecular weight is 294 g/mol. The predicted molar refractivity (Wildman–Crippen MR) is 56.7 cm³/mol. The number of aromatic nitrogens is 1. The van der Waals surface area contributed by atoms with Crippen molar-refractivity contribution in [3.63, 3.8) is 0 Å². The van der Waals surface area contributed by atoms with Gasteiger partial charge in [-0.1, -0.05) is 11.3 Å². The fourth-order valence-electron chi connectivity index (χ4n) is 0.974. The molecule has 12 heavy (non-hydrogen) atoms. The summed E-state index contributed by atoms with van der Waals surface area (Å²) in [7, 11) is 0. The normalized spacial score (nSPS) is 10.8. The summed E-state index contributed by atoms with van der Waals surface area (Å²) in [4.78, 5) is 4.08. The highest BCUT2D eigenvalue weighted by atomic mass is 127. The summed E-state index contributed by atoms with van der Waals surface area (Å²) in [6.45, 7) is 0. The molecular weight excluding hydrogens is 290 g/mol. The number of thiazole rings is 1. The van der Waals surface area contributed by atoms with Crippen molar-refractivity contribution in [2.45, 2.75) is 0 Å². The Morgan fingerprint density at radius 1 is 1.50 bits per heavy atom. The summed E-state index contributed by atoms with van der Waals surface area (Å²) < 4.78 is 14.4. The first-order valence-corrected chi connectivity index (χ1v) is 5.07. The van der Waals surface area contributed by atoms with Crippen LogP contribution in [-0.4, -0.2) is 4.98 Å². The summed E-state index contributed by atoms with van der Waals surface area (Å²) >= 11 is 3.35. The molecule has 1 heterocycles. The second-order valence-electron chi connectivity index (χ2n) is 2.29. The van der Waals surface area contributed by atoms with Gasteiger partial charge in [0.2, 0.25) is 0 Å². The lowest BCUT2D eigenvalue weighted by Crippen LogP contribution is -1.82. The average Bonchev–Trinajstić information content (AvgIpc) is 2.29. The molecule has 1 aromatic heterocycles. The number of hydrogen-bond donors (Lipinski definition) is 1. The smallest absolute Gasteiger partial charge is 0.181 e. The molecule has 0 unspecified atom stereocenters. The van der Waals surface area contributed by atoms with Crippen molar-refractivity contribution in [2.24, 2.45) is 0 Å². The number of nitrogen functional groups attached to an aromatic ring is 1. The van der Waals surface area contributed by atoms with E-state index in [1.165, 1.54) is 23.5 Å². The Kier molecular flexibility index (Phi) is 1.91. The van der Waals surface area contributed by atoms with Crippen LogP contribution in [0.3, 0.4) is 0 Å². The Bertz CT molecular complexity index is 440. The van der Waals surface area contributed by atoms with Crippen LogP contribution < -0.4 is 5.73 Å². The van der Waals surface area contributed by atoms with E-state index in [4.69, 9.17) is 5.73 Å². The van der Waals surface area contributed by atoms with Gasteiger partial charge in [0.1, 0.15) is 5.82 Å². The predicted octanol–water partition coefficient (Wildman–Crippen LogP) is 2.62. The van der Waals surface area contributed by atoms with E-state index < -0.39 is 0 Å². The lowest BCUT2D eigenvalue weighted by molar-refractivity contribution is 0.629. The number of rotatable bonds is 0. The second-order valence-corrected chi connectivity index (χ2v) is 4.51. The van der Waals surface area contributed by atoms with Gasteiger partial charge in [-0.2, -0.15) is 0 Å². The summed E-state index contributed by atoms with van der Waals surface area (Å²) in [5.74, 6) is -0.240. The van der Waals surface area contributed by atoms with Crippen LogP contribution >= 0.6 is 33.9 Å². The molecule has 2 aromatic rings. The van der Waals surface area contributed by atoms with Crippen LogP contribution in [0.5, 0.6) is 0 Å². The van der Waals surface area contributed by atoms with Crippen molar-refractivity contribution in [1.82, 2.24) is 4.98 Å². The van der Waals surface area contributed by atoms with Gasteiger partial charge in [0, 0.05) is 3.57 Å². The molecule has 0 radical (unpaired) electrons. The fourth-order valence-corrected chi connectivity index (χ4v) is 2.65. The molecule has 0 aliphatic rings. The highest BCUT2D eigenvalue weighted by Gasteiger charge is 2.06. The fraction of sp³-hybridized carbons (Fsp3) is 0. The van der Waals surface area contributed by atoms with Crippen molar-refractivity contribution < 1.29 is 4.39 Å². The Morgan fingerprint density at radius 2 is 2.25 bits per heavy atom. The van der Waals surface area contributed by atoms with Gasteiger partial charge in [0.25, 0.3) is 0 Å². The van der Waals surface area contributed by atoms with Crippen molar-refractivity contribution >= 4 is 49.3 Å². The molecule has 2 N–H and O–H groups in total. The zero-order chi connectivity index (χ0) is 8.72. The first-order chi connectivity index (χ1) is 5.66. The Labute approximate surface area is 85.7 Å². The third kappa shape index (κ3) is 1.27. The zero-order valence-electron chi connectivity index (χ0n) is 5.84. The van der Waals surface area contributed by atoms with Crippen molar-refractivity contribution in [3.05, 3.63) is 21.5 Å². The van der Waals surface area contributed by atoms with Gasteiger partial charge in [-0.3, -0.25) is 0 Å². The largest absolute Gasteiger partial charge is 0.375 e. The summed E-state index contributed by atoms with van der Waals surface area (Å²) in [6, 6.07) is 2.90. The van der Waals surface area contributed by atoms with Crippen LogP contribution in [0.25, 0.3) is 10.2 Å². The lowest BCUT2D eigenvalue weighted by Gasteiger charge is -1.91. The van der Waals surface area contributed by atoms with Gasteiger partial charge in [0.15, 0.2) is 5.13 Å². The Hall–Kier alpha value is -0.430. The van der Waals surface area contributed by atoms with Gasteiger partial charge in [-0.15, -0.1) is 0 Å². The van der Waals surface area contributed by atoms with Gasteiger partial charge >= 0.3 is 0 Å².